The van der Waals surface area contributed by atoms with Crippen molar-refractivity contribution in [2.24, 2.45) is 5.92 Å². The molecule has 0 spiro atoms. The van der Waals surface area contributed by atoms with Crippen molar-refractivity contribution in [2.45, 2.75) is 45.1 Å². The predicted molar refractivity (Wildman–Crippen MR) is 65.9 cm³/mol. The molecular weight excluding hydrogens is 200 g/mol. The van der Waals surface area contributed by atoms with E-state index >= 15 is 0 Å². The molecule has 2 N–H and O–H groups in total. The minimum atomic E-state index is 0.0315. The lowest BCUT2D eigenvalue weighted by Crippen LogP contribution is -2.35. The van der Waals surface area contributed by atoms with Gasteiger partial charge in [-0.2, -0.15) is 0 Å². The molecule has 0 heterocycles. The van der Waals surface area contributed by atoms with Gasteiger partial charge in [0, 0.05) is 19.0 Å². The van der Waals surface area contributed by atoms with Gasteiger partial charge in [-0.3, -0.25) is 4.79 Å². The number of rotatable bonds is 6. The van der Waals surface area contributed by atoms with Gasteiger partial charge in [0.25, 0.3) is 0 Å². The van der Waals surface area contributed by atoms with E-state index in [9.17, 15) is 4.79 Å². The zero-order valence-electron chi connectivity index (χ0n) is 10.1. The number of carbonyl (C=O) groups is 1. The van der Waals surface area contributed by atoms with Crippen LogP contribution in [0.15, 0.2) is 0 Å². The molecule has 90 valence electrons. The maximum atomic E-state index is 11.3. The van der Waals surface area contributed by atoms with Gasteiger partial charge in [0.15, 0.2) is 0 Å². The second-order valence-corrected chi connectivity index (χ2v) is 4.52. The Morgan fingerprint density at radius 3 is 2.81 bits per heavy atom. The first kappa shape index (κ1) is 13.1. The monoisotopic (exact) mass is 222 g/mol. The first-order valence-corrected chi connectivity index (χ1v) is 6.17. The Balaban J connectivity index is 2.05. The van der Waals surface area contributed by atoms with Crippen molar-refractivity contribution in [3.05, 3.63) is 0 Å². The lowest BCUT2D eigenvalue weighted by Gasteiger charge is -2.20. The summed E-state index contributed by atoms with van der Waals surface area (Å²) in [6.45, 7) is 3.29. The van der Waals surface area contributed by atoms with Gasteiger partial charge in [0.2, 0.25) is 5.91 Å². The molecule has 0 saturated heterocycles. The standard InChI is InChI=1S/C13H22N2O/c1-3-9-15-13(16)8-10-14-11(2)12-6-4-5-7-12/h1,11-12,14H,4-10H2,2H3,(H,15,16). The van der Waals surface area contributed by atoms with Crippen molar-refractivity contribution in [3.63, 3.8) is 0 Å². The molecule has 0 aromatic rings. The maximum absolute atomic E-state index is 11.3. The van der Waals surface area contributed by atoms with Crippen molar-refractivity contribution in [1.29, 1.82) is 0 Å². The first-order valence-electron chi connectivity index (χ1n) is 6.17. The van der Waals surface area contributed by atoms with Gasteiger partial charge in [-0.05, 0) is 25.7 Å². The van der Waals surface area contributed by atoms with Crippen LogP contribution in [0.3, 0.4) is 0 Å². The van der Waals surface area contributed by atoms with E-state index < -0.39 is 0 Å². The third kappa shape index (κ3) is 4.67. The fourth-order valence-corrected chi connectivity index (χ4v) is 2.28. The predicted octanol–water partition coefficient (Wildman–Crippen LogP) is 1.29. The van der Waals surface area contributed by atoms with Crippen LogP contribution in [0.5, 0.6) is 0 Å². The second-order valence-electron chi connectivity index (χ2n) is 4.52. The third-order valence-corrected chi connectivity index (χ3v) is 3.31. The Kier molecular flexibility index (Phi) is 5.95. The highest BCUT2D eigenvalue weighted by molar-refractivity contribution is 5.76. The van der Waals surface area contributed by atoms with Gasteiger partial charge < -0.3 is 10.6 Å². The largest absolute Gasteiger partial charge is 0.345 e. The zero-order chi connectivity index (χ0) is 11.8. The SMILES string of the molecule is C#CCNC(=O)CCNC(C)C1CCCC1. The molecular formula is C13H22N2O. The summed E-state index contributed by atoms with van der Waals surface area (Å²) in [5, 5.41) is 6.08. The van der Waals surface area contributed by atoms with Crippen molar-refractivity contribution < 1.29 is 4.79 Å². The molecule has 1 fully saturated rings. The summed E-state index contributed by atoms with van der Waals surface area (Å²) in [6.07, 6.45) is 11.0. The van der Waals surface area contributed by atoms with Crippen LogP contribution in [0, 0.1) is 18.3 Å². The normalized spacial score (nSPS) is 18.0. The molecule has 3 heteroatoms. The van der Waals surface area contributed by atoms with Crippen LogP contribution in [-0.4, -0.2) is 25.0 Å². The number of carbonyl (C=O) groups excluding carboxylic acids is 1. The van der Waals surface area contributed by atoms with Gasteiger partial charge in [0.1, 0.15) is 0 Å². The first-order chi connectivity index (χ1) is 7.74. The van der Waals surface area contributed by atoms with Crippen LogP contribution >= 0.6 is 0 Å². The lowest BCUT2D eigenvalue weighted by molar-refractivity contribution is -0.120. The lowest BCUT2D eigenvalue weighted by atomic mass is 10.00. The number of nitrogens with one attached hydrogen (secondary N) is 2. The highest BCUT2D eigenvalue weighted by atomic mass is 16.1. The van der Waals surface area contributed by atoms with Crippen molar-refractivity contribution in [2.75, 3.05) is 13.1 Å². The molecule has 1 saturated carbocycles. The molecule has 0 bridgehead atoms. The quantitative estimate of drug-likeness (QED) is 0.665. The molecule has 0 radical (unpaired) electrons. The number of terminal acetylenes is 1. The Labute approximate surface area is 98.4 Å². The molecule has 0 aliphatic heterocycles. The van der Waals surface area contributed by atoms with Gasteiger partial charge in [-0.15, -0.1) is 6.42 Å². The summed E-state index contributed by atoms with van der Waals surface area (Å²) in [5.41, 5.74) is 0. The van der Waals surface area contributed by atoms with Crippen LogP contribution in [-0.2, 0) is 4.79 Å². The number of hydrogen-bond donors (Lipinski definition) is 2. The van der Waals surface area contributed by atoms with Crippen molar-refractivity contribution >= 4 is 5.91 Å². The van der Waals surface area contributed by atoms with Crippen molar-refractivity contribution in [1.82, 2.24) is 10.6 Å². The maximum Gasteiger partial charge on any atom is 0.222 e. The molecule has 1 aliphatic rings. The summed E-state index contributed by atoms with van der Waals surface area (Å²) < 4.78 is 0. The molecule has 16 heavy (non-hydrogen) atoms. The Bertz CT molecular complexity index is 251. The van der Waals surface area contributed by atoms with E-state index in [0.29, 0.717) is 19.0 Å². The van der Waals surface area contributed by atoms with Crippen LogP contribution in [0.1, 0.15) is 39.0 Å². The summed E-state index contributed by atoms with van der Waals surface area (Å²) >= 11 is 0. The summed E-state index contributed by atoms with van der Waals surface area (Å²) in [4.78, 5) is 11.3. The van der Waals surface area contributed by atoms with Crippen LogP contribution < -0.4 is 10.6 Å². The fourth-order valence-electron chi connectivity index (χ4n) is 2.28. The minimum Gasteiger partial charge on any atom is -0.345 e. The Morgan fingerprint density at radius 1 is 1.50 bits per heavy atom. The average molecular weight is 222 g/mol. The van der Waals surface area contributed by atoms with Crippen LogP contribution in [0.2, 0.25) is 0 Å². The van der Waals surface area contributed by atoms with E-state index in [1.807, 2.05) is 0 Å². The van der Waals surface area contributed by atoms with E-state index in [-0.39, 0.29) is 5.91 Å². The number of amides is 1. The highest BCUT2D eigenvalue weighted by Crippen LogP contribution is 2.27. The number of hydrogen-bond acceptors (Lipinski definition) is 2. The molecule has 1 atom stereocenters. The second kappa shape index (κ2) is 7.29. The highest BCUT2D eigenvalue weighted by Gasteiger charge is 2.20. The van der Waals surface area contributed by atoms with E-state index in [0.717, 1.165) is 12.5 Å². The van der Waals surface area contributed by atoms with E-state index in [1.165, 1.54) is 25.7 Å². The van der Waals surface area contributed by atoms with E-state index in [2.05, 4.69) is 23.5 Å². The van der Waals surface area contributed by atoms with Crippen LogP contribution in [0.25, 0.3) is 0 Å². The summed E-state index contributed by atoms with van der Waals surface area (Å²) in [6, 6.07) is 0.530. The van der Waals surface area contributed by atoms with E-state index in [4.69, 9.17) is 6.42 Å². The summed E-state index contributed by atoms with van der Waals surface area (Å²) in [7, 11) is 0. The molecule has 0 aromatic heterocycles. The molecule has 3 nitrogen and oxygen atoms in total. The van der Waals surface area contributed by atoms with Gasteiger partial charge in [-0.1, -0.05) is 18.8 Å². The zero-order valence-corrected chi connectivity index (χ0v) is 10.1. The van der Waals surface area contributed by atoms with Gasteiger partial charge >= 0.3 is 0 Å². The average Bonchev–Trinajstić information content (AvgIpc) is 2.79. The minimum absolute atomic E-state index is 0.0315. The van der Waals surface area contributed by atoms with Crippen LogP contribution in [0.4, 0.5) is 0 Å². The molecule has 1 amide bonds. The Hall–Kier alpha value is -1.01. The molecule has 1 unspecified atom stereocenters. The van der Waals surface area contributed by atoms with Gasteiger partial charge in [-0.25, -0.2) is 0 Å². The fraction of sp³-hybridized carbons (Fsp3) is 0.769. The molecule has 1 aliphatic carbocycles. The topological polar surface area (TPSA) is 41.1 Å². The van der Waals surface area contributed by atoms with Crippen molar-refractivity contribution in [3.8, 4) is 12.3 Å². The summed E-state index contributed by atoms with van der Waals surface area (Å²) in [5.74, 6) is 3.22. The molecule has 1 rings (SSSR count). The van der Waals surface area contributed by atoms with Gasteiger partial charge in [0.05, 0.1) is 6.54 Å². The smallest absolute Gasteiger partial charge is 0.222 e. The third-order valence-electron chi connectivity index (χ3n) is 3.31. The Morgan fingerprint density at radius 2 is 2.19 bits per heavy atom. The molecule has 0 aromatic carbocycles. The van der Waals surface area contributed by atoms with E-state index in [1.54, 1.807) is 0 Å².